The highest BCUT2D eigenvalue weighted by Gasteiger charge is 2.65. The summed E-state index contributed by atoms with van der Waals surface area (Å²) in [6.45, 7) is 9.38. The fraction of sp³-hybridized carbons (Fsp3) is 0.938. The second-order valence-corrected chi connectivity index (χ2v) is 8.55. The summed E-state index contributed by atoms with van der Waals surface area (Å²) in [4.78, 5) is 12.5. The number of hydrogen-bond donors (Lipinski definition) is 0. The molecule has 0 unspecified atom stereocenters. The minimum Gasteiger partial charge on any atom is -0.299 e. The lowest BCUT2D eigenvalue weighted by atomic mass is 9.36. The van der Waals surface area contributed by atoms with Crippen LogP contribution in [0.25, 0.3) is 0 Å². The van der Waals surface area contributed by atoms with E-state index in [1.165, 1.54) is 38.5 Å². The SMILES string of the molecule is CCC(=O)C12CC3(C)CC(C)(CC(C)(C3)C1)C2. The Kier molecular flexibility index (Phi) is 2.05. The van der Waals surface area contributed by atoms with E-state index in [-0.39, 0.29) is 5.41 Å². The predicted octanol–water partition coefficient (Wildman–Crippen LogP) is 4.35. The molecule has 0 atom stereocenters. The Morgan fingerprint density at radius 2 is 1.18 bits per heavy atom. The summed E-state index contributed by atoms with van der Waals surface area (Å²) in [6.07, 6.45) is 8.34. The fourth-order valence-corrected chi connectivity index (χ4v) is 6.96. The standard InChI is InChI=1S/C16H26O/c1-5-12(17)16-9-13(2)6-14(3,10-16)8-15(4,7-13)11-16/h5-11H2,1-4H3. The lowest BCUT2D eigenvalue weighted by molar-refractivity contribution is -0.190. The summed E-state index contributed by atoms with van der Waals surface area (Å²) in [6, 6.07) is 0. The van der Waals surface area contributed by atoms with Gasteiger partial charge in [-0.3, -0.25) is 4.79 Å². The normalized spacial score (nSPS) is 56.2. The van der Waals surface area contributed by atoms with Crippen molar-refractivity contribution in [3.63, 3.8) is 0 Å². The molecule has 0 saturated heterocycles. The van der Waals surface area contributed by atoms with Gasteiger partial charge in [-0.25, -0.2) is 0 Å². The summed E-state index contributed by atoms with van der Waals surface area (Å²) in [5, 5.41) is 0. The molecule has 4 rings (SSSR count). The van der Waals surface area contributed by atoms with E-state index in [9.17, 15) is 4.79 Å². The van der Waals surface area contributed by atoms with E-state index in [4.69, 9.17) is 0 Å². The van der Waals surface area contributed by atoms with Gasteiger partial charge in [0.05, 0.1) is 0 Å². The van der Waals surface area contributed by atoms with E-state index in [1.807, 2.05) is 6.92 Å². The summed E-state index contributed by atoms with van der Waals surface area (Å²) in [5.74, 6) is 0.556. The van der Waals surface area contributed by atoms with E-state index in [0.29, 0.717) is 22.0 Å². The van der Waals surface area contributed by atoms with Crippen LogP contribution in [-0.2, 0) is 4.79 Å². The number of hydrogen-bond acceptors (Lipinski definition) is 1. The number of carbonyl (C=O) groups excluding carboxylic acids is 1. The zero-order valence-electron chi connectivity index (χ0n) is 11.9. The van der Waals surface area contributed by atoms with Crippen molar-refractivity contribution in [2.45, 2.75) is 72.6 Å². The molecule has 4 saturated carbocycles. The van der Waals surface area contributed by atoms with Gasteiger partial charge in [-0.15, -0.1) is 0 Å². The van der Waals surface area contributed by atoms with E-state index < -0.39 is 0 Å². The molecular formula is C16H26O. The molecule has 1 heteroatoms. The molecule has 4 aliphatic rings. The molecule has 4 fully saturated rings. The Morgan fingerprint density at radius 1 is 0.824 bits per heavy atom. The van der Waals surface area contributed by atoms with E-state index >= 15 is 0 Å². The van der Waals surface area contributed by atoms with Gasteiger partial charge in [0.1, 0.15) is 5.78 Å². The van der Waals surface area contributed by atoms with Gasteiger partial charge >= 0.3 is 0 Å². The first-order valence-electron chi connectivity index (χ1n) is 7.26. The van der Waals surface area contributed by atoms with Crippen molar-refractivity contribution >= 4 is 5.78 Å². The first-order chi connectivity index (χ1) is 7.72. The van der Waals surface area contributed by atoms with Crippen LogP contribution in [0.15, 0.2) is 0 Å². The van der Waals surface area contributed by atoms with Crippen molar-refractivity contribution in [1.29, 1.82) is 0 Å². The number of Topliss-reactive ketones (excluding diaryl/α,β-unsaturated/α-hetero) is 1. The molecule has 0 spiro atoms. The van der Waals surface area contributed by atoms with Crippen molar-refractivity contribution in [1.82, 2.24) is 0 Å². The highest BCUT2D eigenvalue weighted by atomic mass is 16.1. The van der Waals surface area contributed by atoms with Gasteiger partial charge in [0.25, 0.3) is 0 Å². The van der Waals surface area contributed by atoms with Crippen molar-refractivity contribution < 1.29 is 4.79 Å². The summed E-state index contributed by atoms with van der Waals surface area (Å²) < 4.78 is 0. The van der Waals surface area contributed by atoms with Gasteiger partial charge in [-0.05, 0) is 54.8 Å². The molecule has 0 heterocycles. The van der Waals surface area contributed by atoms with Crippen LogP contribution in [0, 0.1) is 21.7 Å². The third-order valence-corrected chi connectivity index (χ3v) is 5.77. The Balaban J connectivity index is 2.07. The smallest absolute Gasteiger partial charge is 0.138 e. The lowest BCUT2D eigenvalue weighted by Crippen LogP contribution is -2.60. The molecule has 4 bridgehead atoms. The lowest BCUT2D eigenvalue weighted by Gasteiger charge is -2.68. The van der Waals surface area contributed by atoms with Crippen molar-refractivity contribution in [2.24, 2.45) is 21.7 Å². The van der Waals surface area contributed by atoms with Crippen LogP contribution in [-0.4, -0.2) is 5.78 Å². The quantitative estimate of drug-likeness (QED) is 0.694. The summed E-state index contributed by atoms with van der Waals surface area (Å²) in [5.41, 5.74) is 1.40. The Bertz CT molecular complexity index is 327. The summed E-state index contributed by atoms with van der Waals surface area (Å²) in [7, 11) is 0. The molecule has 0 radical (unpaired) electrons. The molecule has 96 valence electrons. The van der Waals surface area contributed by atoms with E-state index in [2.05, 4.69) is 20.8 Å². The van der Waals surface area contributed by atoms with Crippen LogP contribution in [0.5, 0.6) is 0 Å². The van der Waals surface area contributed by atoms with Crippen molar-refractivity contribution in [3.8, 4) is 0 Å². The molecule has 0 aromatic rings. The maximum Gasteiger partial charge on any atom is 0.138 e. The second kappa shape index (κ2) is 2.97. The van der Waals surface area contributed by atoms with Crippen LogP contribution < -0.4 is 0 Å². The van der Waals surface area contributed by atoms with Crippen molar-refractivity contribution in [3.05, 3.63) is 0 Å². The molecular weight excluding hydrogens is 208 g/mol. The molecule has 4 aliphatic carbocycles. The van der Waals surface area contributed by atoms with Crippen LogP contribution in [0.3, 0.4) is 0 Å². The third kappa shape index (κ3) is 1.54. The largest absolute Gasteiger partial charge is 0.299 e. The minimum atomic E-state index is 0.0573. The van der Waals surface area contributed by atoms with Gasteiger partial charge in [-0.1, -0.05) is 27.7 Å². The topological polar surface area (TPSA) is 17.1 Å². The highest BCUT2D eigenvalue weighted by Crippen LogP contribution is 2.73. The molecule has 1 nitrogen and oxygen atoms in total. The van der Waals surface area contributed by atoms with Gasteiger partial charge in [0, 0.05) is 11.8 Å². The molecule has 17 heavy (non-hydrogen) atoms. The average molecular weight is 234 g/mol. The molecule has 0 N–H and O–H groups in total. The molecule has 0 aliphatic heterocycles. The first kappa shape index (κ1) is 11.7. The predicted molar refractivity (Wildman–Crippen MR) is 69.8 cm³/mol. The third-order valence-electron chi connectivity index (χ3n) is 5.77. The summed E-state index contributed by atoms with van der Waals surface area (Å²) >= 11 is 0. The monoisotopic (exact) mass is 234 g/mol. The minimum absolute atomic E-state index is 0.0573. The van der Waals surface area contributed by atoms with Crippen LogP contribution >= 0.6 is 0 Å². The van der Waals surface area contributed by atoms with Gasteiger partial charge in [-0.2, -0.15) is 0 Å². The van der Waals surface area contributed by atoms with E-state index in [0.717, 1.165) is 6.42 Å². The maximum atomic E-state index is 12.5. The number of carbonyl (C=O) groups is 1. The van der Waals surface area contributed by atoms with Gasteiger partial charge in [0.15, 0.2) is 0 Å². The number of ketones is 1. The molecule has 0 aromatic carbocycles. The van der Waals surface area contributed by atoms with Gasteiger partial charge < -0.3 is 0 Å². The van der Waals surface area contributed by atoms with Crippen LogP contribution in [0.4, 0.5) is 0 Å². The number of rotatable bonds is 2. The molecule has 0 aromatic heterocycles. The second-order valence-electron chi connectivity index (χ2n) is 8.55. The first-order valence-corrected chi connectivity index (χ1v) is 7.26. The maximum absolute atomic E-state index is 12.5. The Hall–Kier alpha value is -0.330. The van der Waals surface area contributed by atoms with E-state index in [1.54, 1.807) is 0 Å². The fourth-order valence-electron chi connectivity index (χ4n) is 6.96. The average Bonchev–Trinajstić information content (AvgIpc) is 2.08. The highest BCUT2D eigenvalue weighted by molar-refractivity contribution is 5.85. The Morgan fingerprint density at radius 3 is 1.47 bits per heavy atom. The zero-order chi connectivity index (χ0) is 12.5. The van der Waals surface area contributed by atoms with Crippen LogP contribution in [0.2, 0.25) is 0 Å². The van der Waals surface area contributed by atoms with Gasteiger partial charge in [0.2, 0.25) is 0 Å². The molecule has 0 amide bonds. The zero-order valence-corrected chi connectivity index (χ0v) is 11.9. The van der Waals surface area contributed by atoms with Crippen molar-refractivity contribution in [2.75, 3.05) is 0 Å². The Labute approximate surface area is 105 Å². The van der Waals surface area contributed by atoms with Crippen LogP contribution in [0.1, 0.15) is 72.6 Å².